The van der Waals surface area contributed by atoms with Crippen molar-refractivity contribution in [2.24, 2.45) is 0 Å². The maximum Gasteiger partial charge on any atom is 0.277 e. The number of nitrogens with zero attached hydrogens (tertiary/aromatic N) is 5. The largest absolute Gasteiger partial charge is 0.305 e. The Morgan fingerprint density at radius 3 is 2.68 bits per heavy atom. The van der Waals surface area contributed by atoms with Gasteiger partial charge in [0.1, 0.15) is 12.5 Å². The van der Waals surface area contributed by atoms with E-state index < -0.39 is 0 Å². The van der Waals surface area contributed by atoms with Gasteiger partial charge in [0.05, 0.1) is 10.7 Å². The molecule has 22 heavy (non-hydrogen) atoms. The van der Waals surface area contributed by atoms with Crippen LogP contribution in [0.25, 0.3) is 0 Å². The first-order valence-corrected chi connectivity index (χ1v) is 7.83. The minimum absolute atomic E-state index is 0.310. The van der Waals surface area contributed by atoms with E-state index in [1.807, 2.05) is 6.20 Å². The molecule has 1 N–H and O–H groups in total. The second-order valence-electron chi connectivity index (χ2n) is 4.40. The number of carbonyl (C=O) groups is 1. The van der Waals surface area contributed by atoms with Gasteiger partial charge in [-0.3, -0.25) is 9.48 Å². The summed E-state index contributed by atoms with van der Waals surface area (Å²) in [6.45, 7) is 0.426. The first kappa shape index (κ1) is 14.9. The average molecular weight is 426 g/mol. The van der Waals surface area contributed by atoms with Gasteiger partial charge < -0.3 is 5.32 Å². The summed E-state index contributed by atoms with van der Waals surface area (Å²) in [7, 11) is 0. The van der Waals surface area contributed by atoms with Gasteiger partial charge in [0.25, 0.3) is 5.91 Å². The number of nitrogens with one attached hydrogen (secondary N) is 1. The minimum Gasteiger partial charge on any atom is -0.305 e. The zero-order valence-electron chi connectivity index (χ0n) is 11.1. The van der Waals surface area contributed by atoms with Crippen LogP contribution in [0.15, 0.2) is 51.9 Å². The fraction of sp³-hybridized carbons (Fsp3) is 0.0769. The van der Waals surface area contributed by atoms with Crippen LogP contribution in [0.1, 0.15) is 10.5 Å². The lowest BCUT2D eigenvalue weighted by Gasteiger charge is -2.03. The highest BCUT2D eigenvalue weighted by Crippen LogP contribution is 2.11. The predicted molar refractivity (Wildman–Crippen MR) is 87.4 cm³/mol. The number of halogens is 2. The smallest absolute Gasteiger partial charge is 0.277 e. The standard InChI is InChI=1S/C13H10Br2N6O/c14-9-1-2-12(16-5-9)18-13(22)11-3-4-20(19-11)8-21-7-10(15)6-17-21/h1-7H,8H2,(H,16,18,22). The fourth-order valence-electron chi connectivity index (χ4n) is 1.76. The Morgan fingerprint density at radius 2 is 2.00 bits per heavy atom. The highest BCUT2D eigenvalue weighted by Gasteiger charge is 2.10. The van der Waals surface area contributed by atoms with E-state index in [1.165, 1.54) is 0 Å². The Balaban J connectivity index is 1.67. The molecule has 7 nitrogen and oxygen atoms in total. The zero-order valence-corrected chi connectivity index (χ0v) is 14.3. The summed E-state index contributed by atoms with van der Waals surface area (Å²) in [4.78, 5) is 16.2. The van der Waals surface area contributed by atoms with E-state index in [0.29, 0.717) is 18.2 Å². The van der Waals surface area contributed by atoms with E-state index in [-0.39, 0.29) is 5.91 Å². The number of hydrogen-bond donors (Lipinski definition) is 1. The van der Waals surface area contributed by atoms with Crippen molar-refractivity contribution < 1.29 is 4.79 Å². The molecule has 0 aliphatic carbocycles. The first-order chi connectivity index (χ1) is 10.6. The lowest BCUT2D eigenvalue weighted by atomic mass is 10.4. The number of carbonyl (C=O) groups excluding carboxylic acids is 1. The highest BCUT2D eigenvalue weighted by molar-refractivity contribution is 9.10. The van der Waals surface area contributed by atoms with Crippen molar-refractivity contribution in [3.8, 4) is 0 Å². The third kappa shape index (κ3) is 3.60. The Hall–Kier alpha value is -2.00. The molecule has 0 radical (unpaired) electrons. The highest BCUT2D eigenvalue weighted by atomic mass is 79.9. The number of anilines is 1. The second kappa shape index (κ2) is 6.41. The third-order valence-electron chi connectivity index (χ3n) is 2.73. The van der Waals surface area contributed by atoms with Gasteiger partial charge in [-0.25, -0.2) is 9.67 Å². The van der Waals surface area contributed by atoms with Crippen LogP contribution in [-0.4, -0.2) is 30.5 Å². The van der Waals surface area contributed by atoms with Gasteiger partial charge in [0.15, 0.2) is 5.69 Å². The van der Waals surface area contributed by atoms with Gasteiger partial charge in [-0.15, -0.1) is 0 Å². The Kier molecular flexibility index (Phi) is 4.34. The molecule has 112 valence electrons. The molecule has 1 amide bonds. The van der Waals surface area contributed by atoms with Crippen LogP contribution in [0.4, 0.5) is 5.82 Å². The Labute approximate surface area is 142 Å². The molecule has 9 heteroatoms. The molecule has 0 bridgehead atoms. The van der Waals surface area contributed by atoms with Gasteiger partial charge in [-0.1, -0.05) is 0 Å². The lowest BCUT2D eigenvalue weighted by molar-refractivity contribution is 0.102. The molecule has 0 saturated heterocycles. The number of rotatable bonds is 4. The van der Waals surface area contributed by atoms with Crippen LogP contribution in [0.2, 0.25) is 0 Å². The Bertz CT molecular complexity index is 795. The number of aromatic nitrogens is 5. The summed E-state index contributed by atoms with van der Waals surface area (Å²) < 4.78 is 5.07. The zero-order chi connectivity index (χ0) is 15.5. The molecule has 0 aliphatic heterocycles. The summed E-state index contributed by atoms with van der Waals surface area (Å²) in [6, 6.07) is 5.16. The molecule has 0 unspecified atom stereocenters. The summed E-state index contributed by atoms with van der Waals surface area (Å²) in [6.07, 6.45) is 6.85. The summed E-state index contributed by atoms with van der Waals surface area (Å²) in [5, 5.41) is 11.0. The monoisotopic (exact) mass is 424 g/mol. The van der Waals surface area contributed by atoms with Crippen molar-refractivity contribution in [1.82, 2.24) is 24.5 Å². The lowest BCUT2D eigenvalue weighted by Crippen LogP contribution is -2.15. The van der Waals surface area contributed by atoms with Crippen LogP contribution >= 0.6 is 31.9 Å². The fourth-order valence-corrected chi connectivity index (χ4v) is 2.32. The number of amides is 1. The van der Waals surface area contributed by atoms with Gasteiger partial charge in [0, 0.05) is 23.1 Å². The summed E-state index contributed by atoms with van der Waals surface area (Å²) in [5.74, 6) is 0.161. The van der Waals surface area contributed by atoms with Crippen molar-refractivity contribution in [3.63, 3.8) is 0 Å². The summed E-state index contributed by atoms with van der Waals surface area (Å²) >= 11 is 6.62. The molecule has 0 aromatic carbocycles. The van der Waals surface area contributed by atoms with Gasteiger partial charge in [0.2, 0.25) is 0 Å². The molecule has 0 saturated carbocycles. The van der Waals surface area contributed by atoms with Crippen LogP contribution in [0.3, 0.4) is 0 Å². The van der Waals surface area contributed by atoms with Crippen molar-refractivity contribution in [3.05, 3.63) is 57.6 Å². The molecule has 3 heterocycles. The molecule has 0 aliphatic rings. The average Bonchev–Trinajstić information content (AvgIpc) is 3.11. The Morgan fingerprint density at radius 1 is 1.14 bits per heavy atom. The third-order valence-corrected chi connectivity index (χ3v) is 3.61. The van der Waals surface area contributed by atoms with Crippen LogP contribution in [-0.2, 0) is 6.67 Å². The normalized spacial score (nSPS) is 10.6. The van der Waals surface area contributed by atoms with E-state index in [0.717, 1.165) is 8.95 Å². The number of pyridine rings is 1. The molecule has 3 aromatic heterocycles. The first-order valence-electron chi connectivity index (χ1n) is 6.24. The molecule has 3 rings (SSSR count). The molecule has 0 fully saturated rings. The minimum atomic E-state index is -0.310. The van der Waals surface area contributed by atoms with Crippen molar-refractivity contribution >= 4 is 43.6 Å². The quantitative estimate of drug-likeness (QED) is 0.697. The second-order valence-corrected chi connectivity index (χ2v) is 6.23. The maximum atomic E-state index is 12.1. The molecular weight excluding hydrogens is 416 g/mol. The molecule has 0 atom stereocenters. The van der Waals surface area contributed by atoms with Gasteiger partial charge in [-0.05, 0) is 50.1 Å². The molecule has 3 aromatic rings. The van der Waals surface area contributed by atoms with E-state index in [9.17, 15) is 4.79 Å². The van der Waals surface area contributed by atoms with Crippen molar-refractivity contribution in [2.75, 3.05) is 5.32 Å². The topological polar surface area (TPSA) is 77.6 Å². The van der Waals surface area contributed by atoms with E-state index in [4.69, 9.17) is 0 Å². The SMILES string of the molecule is O=C(Nc1ccc(Br)cn1)c1ccn(Cn2cc(Br)cn2)n1. The van der Waals surface area contributed by atoms with Gasteiger partial charge in [-0.2, -0.15) is 10.2 Å². The summed E-state index contributed by atoms with van der Waals surface area (Å²) in [5.41, 5.74) is 0.316. The molecule has 0 spiro atoms. The molecular formula is C13H10Br2N6O. The maximum absolute atomic E-state index is 12.1. The van der Waals surface area contributed by atoms with Crippen molar-refractivity contribution in [1.29, 1.82) is 0 Å². The predicted octanol–water partition coefficient (Wildman–Crippen LogP) is 2.76. The van der Waals surface area contributed by atoms with E-state index >= 15 is 0 Å². The number of hydrogen-bond acceptors (Lipinski definition) is 4. The van der Waals surface area contributed by atoms with Gasteiger partial charge >= 0.3 is 0 Å². The van der Waals surface area contributed by atoms with Crippen molar-refractivity contribution in [2.45, 2.75) is 6.67 Å². The van der Waals surface area contributed by atoms with E-state index in [2.05, 4.69) is 52.4 Å². The van der Waals surface area contributed by atoms with Crippen LogP contribution in [0, 0.1) is 0 Å². The van der Waals surface area contributed by atoms with Crippen LogP contribution < -0.4 is 5.32 Å². The van der Waals surface area contributed by atoms with Crippen LogP contribution in [0.5, 0.6) is 0 Å². The van der Waals surface area contributed by atoms with E-state index in [1.54, 1.807) is 46.2 Å².